The van der Waals surface area contributed by atoms with Crippen molar-refractivity contribution in [2.75, 3.05) is 6.54 Å². The monoisotopic (exact) mass is 315 g/mol. The molecule has 0 saturated heterocycles. The van der Waals surface area contributed by atoms with E-state index in [0.29, 0.717) is 6.04 Å². The minimum absolute atomic E-state index is 0.179. The van der Waals surface area contributed by atoms with Gasteiger partial charge in [0.05, 0.1) is 17.8 Å². The van der Waals surface area contributed by atoms with Crippen molar-refractivity contribution in [3.8, 4) is 5.75 Å². The minimum atomic E-state index is 0.179. The summed E-state index contributed by atoms with van der Waals surface area (Å²) in [7, 11) is 0. The summed E-state index contributed by atoms with van der Waals surface area (Å²) in [5.74, 6) is 1.12. The van der Waals surface area contributed by atoms with Gasteiger partial charge in [-0.1, -0.05) is 0 Å². The number of nitrogens with one attached hydrogen (secondary N) is 1. The van der Waals surface area contributed by atoms with Gasteiger partial charge in [0.15, 0.2) is 0 Å². The van der Waals surface area contributed by atoms with Crippen LogP contribution in [0.3, 0.4) is 0 Å². The van der Waals surface area contributed by atoms with E-state index in [-0.39, 0.29) is 12.0 Å². The highest BCUT2D eigenvalue weighted by Gasteiger charge is 2.27. The van der Waals surface area contributed by atoms with Crippen LogP contribution in [-0.2, 0) is 4.79 Å². The van der Waals surface area contributed by atoms with Crippen molar-refractivity contribution in [2.24, 2.45) is 0 Å². The zero-order valence-electron chi connectivity index (χ0n) is 14.1. The third-order valence-corrected chi connectivity index (χ3v) is 4.97. The van der Waals surface area contributed by atoms with Gasteiger partial charge in [-0.05, 0) is 51.7 Å². The molecular weight excluding hydrogens is 290 g/mol. The molecule has 0 unspecified atom stereocenters. The zero-order valence-corrected chi connectivity index (χ0v) is 14.1. The summed E-state index contributed by atoms with van der Waals surface area (Å²) < 4.78 is 6.24. The van der Waals surface area contributed by atoms with Crippen LogP contribution in [0.4, 0.5) is 0 Å². The average molecular weight is 315 g/mol. The number of hydrogen-bond donors (Lipinski definition) is 1. The van der Waals surface area contributed by atoms with E-state index in [0.717, 1.165) is 54.4 Å². The second kappa shape index (κ2) is 6.60. The highest BCUT2D eigenvalue weighted by atomic mass is 16.5. The van der Waals surface area contributed by atoms with Crippen molar-refractivity contribution in [3.63, 3.8) is 0 Å². The van der Waals surface area contributed by atoms with Crippen molar-refractivity contribution in [3.05, 3.63) is 23.9 Å². The van der Waals surface area contributed by atoms with Crippen LogP contribution in [0.1, 0.15) is 45.1 Å². The maximum Gasteiger partial charge on any atom is 0.219 e. The molecule has 1 fully saturated rings. The Morgan fingerprint density at radius 1 is 1.35 bits per heavy atom. The van der Waals surface area contributed by atoms with Gasteiger partial charge in [0.25, 0.3) is 0 Å². The summed E-state index contributed by atoms with van der Waals surface area (Å²) in [5.41, 5.74) is 2.18. The molecule has 1 amide bonds. The maximum absolute atomic E-state index is 11.7. The van der Waals surface area contributed by atoms with Gasteiger partial charge in [0.1, 0.15) is 5.75 Å². The first-order valence-electron chi connectivity index (χ1n) is 8.46. The zero-order chi connectivity index (χ0) is 16.4. The van der Waals surface area contributed by atoms with Crippen LogP contribution in [0.25, 0.3) is 10.9 Å². The Labute approximate surface area is 137 Å². The van der Waals surface area contributed by atoms with E-state index in [1.165, 1.54) is 0 Å². The molecule has 0 aliphatic heterocycles. The molecular formula is C18H25N3O2. The second-order valence-corrected chi connectivity index (χ2v) is 6.37. The van der Waals surface area contributed by atoms with Gasteiger partial charge >= 0.3 is 0 Å². The number of aromatic nitrogens is 2. The lowest BCUT2D eigenvalue weighted by molar-refractivity contribution is -0.131. The Balaban J connectivity index is 1.64. The molecule has 5 heteroatoms. The number of nitrogens with zero attached hydrogens (tertiary/aromatic N) is 2. The molecule has 1 aliphatic rings. The third kappa shape index (κ3) is 3.19. The first kappa shape index (κ1) is 15.8. The van der Waals surface area contributed by atoms with Crippen LogP contribution in [0.5, 0.6) is 5.75 Å². The number of amides is 1. The lowest BCUT2D eigenvalue weighted by atomic mass is 9.91. The summed E-state index contributed by atoms with van der Waals surface area (Å²) in [6, 6.07) is 4.41. The highest BCUT2D eigenvalue weighted by Crippen LogP contribution is 2.31. The number of rotatable bonds is 4. The number of ether oxygens (including phenoxy) is 1. The summed E-state index contributed by atoms with van der Waals surface area (Å²) in [4.78, 5) is 13.7. The van der Waals surface area contributed by atoms with Crippen LogP contribution in [-0.4, -0.2) is 39.7 Å². The number of aryl methyl sites for hydroxylation is 1. The van der Waals surface area contributed by atoms with E-state index in [1.807, 2.05) is 30.2 Å². The van der Waals surface area contributed by atoms with Gasteiger partial charge in [0.2, 0.25) is 5.91 Å². The van der Waals surface area contributed by atoms with Crippen LogP contribution in [0, 0.1) is 6.92 Å². The Morgan fingerprint density at radius 2 is 2.09 bits per heavy atom. The van der Waals surface area contributed by atoms with E-state index in [2.05, 4.69) is 17.1 Å². The molecule has 3 rings (SSSR count). The molecule has 0 spiro atoms. The Morgan fingerprint density at radius 3 is 2.74 bits per heavy atom. The number of carbonyl (C=O) groups is 1. The molecule has 5 nitrogen and oxygen atoms in total. The predicted octanol–water partition coefficient (Wildman–Crippen LogP) is 3.43. The van der Waals surface area contributed by atoms with Crippen molar-refractivity contribution < 1.29 is 9.53 Å². The first-order valence-corrected chi connectivity index (χ1v) is 8.46. The number of aromatic amines is 1. The molecule has 0 radical (unpaired) electrons. The topological polar surface area (TPSA) is 58.2 Å². The van der Waals surface area contributed by atoms with Gasteiger partial charge in [-0.25, -0.2) is 0 Å². The van der Waals surface area contributed by atoms with E-state index >= 15 is 0 Å². The Kier molecular flexibility index (Phi) is 4.55. The Bertz CT molecular complexity index is 687. The molecule has 23 heavy (non-hydrogen) atoms. The standard InChI is InChI=1S/C18H25N3O2/c1-4-21(13(3)22)14-5-7-15(8-6-14)23-18-10-9-17-16(12(18)2)11-19-20-17/h9-11,14-15H,4-8H2,1-3H3,(H,19,20). The summed E-state index contributed by atoms with van der Waals surface area (Å²) in [6.07, 6.45) is 6.12. The third-order valence-electron chi connectivity index (χ3n) is 4.97. The fraction of sp³-hybridized carbons (Fsp3) is 0.556. The molecule has 1 aromatic heterocycles. The lowest BCUT2D eigenvalue weighted by Gasteiger charge is -2.36. The van der Waals surface area contributed by atoms with Gasteiger partial charge in [-0.2, -0.15) is 5.10 Å². The van der Waals surface area contributed by atoms with Crippen LogP contribution >= 0.6 is 0 Å². The molecule has 0 bridgehead atoms. The van der Waals surface area contributed by atoms with Crippen LogP contribution in [0.15, 0.2) is 18.3 Å². The molecule has 1 heterocycles. The van der Waals surface area contributed by atoms with E-state index < -0.39 is 0 Å². The molecule has 1 saturated carbocycles. The van der Waals surface area contributed by atoms with E-state index in [9.17, 15) is 4.79 Å². The van der Waals surface area contributed by atoms with Gasteiger partial charge in [0, 0.05) is 30.5 Å². The fourth-order valence-corrected chi connectivity index (χ4v) is 3.66. The molecule has 124 valence electrons. The number of benzene rings is 1. The molecule has 1 aromatic carbocycles. The minimum Gasteiger partial charge on any atom is -0.490 e. The number of H-pyrrole nitrogens is 1. The van der Waals surface area contributed by atoms with Gasteiger partial charge in [-0.3, -0.25) is 9.89 Å². The first-order chi connectivity index (χ1) is 11.1. The highest BCUT2D eigenvalue weighted by molar-refractivity contribution is 5.83. The Hall–Kier alpha value is -2.04. The second-order valence-electron chi connectivity index (χ2n) is 6.37. The SMILES string of the molecule is CCN(C(C)=O)C1CCC(Oc2ccc3[nH]ncc3c2C)CC1. The molecule has 1 aliphatic carbocycles. The molecule has 2 aromatic rings. The quantitative estimate of drug-likeness (QED) is 0.940. The van der Waals surface area contributed by atoms with Crippen molar-refractivity contribution in [1.82, 2.24) is 15.1 Å². The summed E-state index contributed by atoms with van der Waals surface area (Å²) >= 11 is 0. The van der Waals surface area contributed by atoms with Crippen molar-refractivity contribution >= 4 is 16.8 Å². The maximum atomic E-state index is 11.7. The van der Waals surface area contributed by atoms with E-state index in [1.54, 1.807) is 6.92 Å². The number of hydrogen-bond acceptors (Lipinski definition) is 3. The molecule has 1 N–H and O–H groups in total. The number of carbonyl (C=O) groups excluding carboxylic acids is 1. The average Bonchev–Trinajstić information content (AvgIpc) is 3.01. The smallest absolute Gasteiger partial charge is 0.219 e. The number of fused-ring (bicyclic) bond motifs is 1. The lowest BCUT2D eigenvalue weighted by Crippen LogP contribution is -2.42. The summed E-state index contributed by atoms with van der Waals surface area (Å²) in [6.45, 7) is 6.58. The van der Waals surface area contributed by atoms with Gasteiger partial charge in [-0.15, -0.1) is 0 Å². The van der Waals surface area contributed by atoms with Crippen LogP contribution in [0.2, 0.25) is 0 Å². The van der Waals surface area contributed by atoms with Crippen LogP contribution < -0.4 is 4.74 Å². The normalized spacial score (nSPS) is 21.3. The van der Waals surface area contributed by atoms with E-state index in [4.69, 9.17) is 4.74 Å². The predicted molar refractivity (Wildman–Crippen MR) is 90.6 cm³/mol. The van der Waals surface area contributed by atoms with Crippen molar-refractivity contribution in [2.45, 2.75) is 58.6 Å². The summed E-state index contributed by atoms with van der Waals surface area (Å²) in [5, 5.41) is 8.19. The fourth-order valence-electron chi connectivity index (χ4n) is 3.66. The molecule has 0 atom stereocenters. The largest absolute Gasteiger partial charge is 0.490 e. The van der Waals surface area contributed by atoms with Crippen molar-refractivity contribution in [1.29, 1.82) is 0 Å². The van der Waals surface area contributed by atoms with Gasteiger partial charge < -0.3 is 9.64 Å².